The SMILES string of the molecule is O=C(O)C1CCCC(C(=O)N2CCCCC2)C1. The van der Waals surface area contributed by atoms with Gasteiger partial charge in [0.15, 0.2) is 0 Å². The maximum absolute atomic E-state index is 12.3. The van der Waals surface area contributed by atoms with Crippen LogP contribution >= 0.6 is 0 Å². The van der Waals surface area contributed by atoms with Crippen molar-refractivity contribution >= 4 is 11.9 Å². The minimum atomic E-state index is -0.735. The van der Waals surface area contributed by atoms with Gasteiger partial charge in [0.1, 0.15) is 0 Å². The van der Waals surface area contributed by atoms with E-state index in [9.17, 15) is 9.59 Å². The molecule has 2 atom stereocenters. The van der Waals surface area contributed by atoms with E-state index in [4.69, 9.17) is 5.11 Å². The van der Waals surface area contributed by atoms with Gasteiger partial charge in [-0.1, -0.05) is 6.42 Å². The summed E-state index contributed by atoms with van der Waals surface area (Å²) in [4.78, 5) is 25.2. The second kappa shape index (κ2) is 5.52. The van der Waals surface area contributed by atoms with Crippen molar-refractivity contribution in [3.8, 4) is 0 Å². The highest BCUT2D eigenvalue weighted by Gasteiger charge is 2.33. The van der Waals surface area contributed by atoms with E-state index in [1.54, 1.807) is 0 Å². The highest BCUT2D eigenvalue weighted by Crippen LogP contribution is 2.31. The van der Waals surface area contributed by atoms with Crippen LogP contribution in [-0.4, -0.2) is 35.0 Å². The van der Waals surface area contributed by atoms with Crippen molar-refractivity contribution in [1.29, 1.82) is 0 Å². The molecular weight excluding hydrogens is 218 g/mol. The summed E-state index contributed by atoms with van der Waals surface area (Å²) in [5.74, 6) is -0.873. The largest absolute Gasteiger partial charge is 0.481 e. The fourth-order valence-electron chi connectivity index (χ4n) is 3.01. The highest BCUT2D eigenvalue weighted by atomic mass is 16.4. The van der Waals surface area contributed by atoms with E-state index in [-0.39, 0.29) is 17.7 Å². The lowest BCUT2D eigenvalue weighted by Crippen LogP contribution is -2.41. The summed E-state index contributed by atoms with van der Waals surface area (Å²) < 4.78 is 0. The summed E-state index contributed by atoms with van der Waals surface area (Å²) in [7, 11) is 0. The molecule has 1 aliphatic heterocycles. The third-order valence-corrected chi connectivity index (χ3v) is 4.04. The standard InChI is InChI=1S/C13H21NO3/c15-12(14-7-2-1-3-8-14)10-5-4-6-11(9-10)13(16)17/h10-11H,1-9H2,(H,16,17). The summed E-state index contributed by atoms with van der Waals surface area (Å²) >= 11 is 0. The van der Waals surface area contributed by atoms with Crippen molar-refractivity contribution < 1.29 is 14.7 Å². The number of carboxylic acids is 1. The fraction of sp³-hybridized carbons (Fsp3) is 0.846. The number of nitrogens with zero attached hydrogens (tertiary/aromatic N) is 1. The number of aliphatic carboxylic acids is 1. The van der Waals surface area contributed by atoms with Crippen molar-refractivity contribution in [1.82, 2.24) is 4.90 Å². The first-order valence-electron chi connectivity index (χ1n) is 6.70. The molecule has 2 fully saturated rings. The first-order valence-corrected chi connectivity index (χ1v) is 6.70. The first-order chi connectivity index (χ1) is 8.18. The normalized spacial score (nSPS) is 30.0. The van der Waals surface area contributed by atoms with Gasteiger partial charge in [0.25, 0.3) is 0 Å². The van der Waals surface area contributed by atoms with Crippen molar-refractivity contribution in [2.24, 2.45) is 11.8 Å². The zero-order valence-corrected chi connectivity index (χ0v) is 10.2. The van der Waals surface area contributed by atoms with Gasteiger partial charge in [-0.15, -0.1) is 0 Å². The molecule has 4 heteroatoms. The Bertz CT molecular complexity index is 297. The average molecular weight is 239 g/mol. The van der Waals surface area contributed by atoms with Gasteiger partial charge in [0.05, 0.1) is 5.92 Å². The van der Waals surface area contributed by atoms with Crippen LogP contribution in [0.5, 0.6) is 0 Å². The lowest BCUT2D eigenvalue weighted by molar-refractivity contribution is -0.145. The highest BCUT2D eigenvalue weighted by molar-refractivity contribution is 5.80. The molecule has 96 valence electrons. The quantitative estimate of drug-likeness (QED) is 0.800. The number of amides is 1. The van der Waals surface area contributed by atoms with Gasteiger partial charge in [-0.25, -0.2) is 0 Å². The molecule has 1 heterocycles. The molecular formula is C13H21NO3. The zero-order valence-electron chi connectivity index (χ0n) is 10.2. The Balaban J connectivity index is 1.91. The van der Waals surface area contributed by atoms with Crippen LogP contribution in [0.1, 0.15) is 44.9 Å². The molecule has 0 spiro atoms. The lowest BCUT2D eigenvalue weighted by Gasteiger charge is -2.33. The molecule has 0 aromatic rings. The van der Waals surface area contributed by atoms with Crippen molar-refractivity contribution in [3.05, 3.63) is 0 Å². The van der Waals surface area contributed by atoms with Gasteiger partial charge < -0.3 is 10.0 Å². The van der Waals surface area contributed by atoms with E-state index in [1.165, 1.54) is 6.42 Å². The predicted molar refractivity (Wildman–Crippen MR) is 63.5 cm³/mol. The number of carbonyl (C=O) groups is 2. The number of hydrogen-bond donors (Lipinski definition) is 1. The number of likely N-dealkylation sites (tertiary alicyclic amines) is 1. The van der Waals surface area contributed by atoms with Crippen molar-refractivity contribution in [2.45, 2.75) is 44.9 Å². The second-order valence-corrected chi connectivity index (χ2v) is 5.28. The molecule has 1 saturated heterocycles. The summed E-state index contributed by atoms with van der Waals surface area (Å²) in [5.41, 5.74) is 0. The third kappa shape index (κ3) is 2.99. The Hall–Kier alpha value is -1.06. The van der Waals surface area contributed by atoms with E-state index in [1.807, 2.05) is 4.90 Å². The Morgan fingerprint density at radius 1 is 0.941 bits per heavy atom. The molecule has 4 nitrogen and oxygen atoms in total. The van der Waals surface area contributed by atoms with E-state index in [2.05, 4.69) is 0 Å². The molecule has 0 aromatic carbocycles. The topological polar surface area (TPSA) is 57.6 Å². The number of hydrogen-bond acceptors (Lipinski definition) is 2. The van der Waals surface area contributed by atoms with Crippen molar-refractivity contribution in [2.75, 3.05) is 13.1 Å². The van der Waals surface area contributed by atoms with Gasteiger partial charge in [-0.05, 0) is 38.5 Å². The fourth-order valence-corrected chi connectivity index (χ4v) is 3.01. The Morgan fingerprint density at radius 2 is 1.59 bits per heavy atom. The van der Waals surface area contributed by atoms with Crippen LogP contribution in [0.15, 0.2) is 0 Å². The van der Waals surface area contributed by atoms with E-state index >= 15 is 0 Å². The molecule has 1 saturated carbocycles. The summed E-state index contributed by atoms with van der Waals surface area (Å²) in [6.07, 6.45) is 6.44. The molecule has 2 rings (SSSR count). The Morgan fingerprint density at radius 3 is 2.24 bits per heavy atom. The van der Waals surface area contributed by atoms with Gasteiger partial charge in [-0.3, -0.25) is 9.59 Å². The Labute approximate surface area is 102 Å². The molecule has 1 amide bonds. The first kappa shape index (κ1) is 12.4. The molecule has 2 unspecified atom stereocenters. The van der Waals surface area contributed by atoms with Crippen LogP contribution in [0.3, 0.4) is 0 Å². The lowest BCUT2D eigenvalue weighted by atomic mass is 9.80. The summed E-state index contributed by atoms with van der Waals surface area (Å²) in [5, 5.41) is 9.02. The second-order valence-electron chi connectivity index (χ2n) is 5.28. The Kier molecular flexibility index (Phi) is 4.02. The van der Waals surface area contributed by atoms with Gasteiger partial charge in [-0.2, -0.15) is 0 Å². The third-order valence-electron chi connectivity index (χ3n) is 4.04. The number of carboxylic acid groups (broad SMARTS) is 1. The predicted octanol–water partition coefficient (Wildman–Crippen LogP) is 1.89. The molecule has 0 aromatic heterocycles. The average Bonchev–Trinajstić information content (AvgIpc) is 2.39. The molecule has 0 bridgehead atoms. The van der Waals surface area contributed by atoms with Crippen LogP contribution < -0.4 is 0 Å². The van der Waals surface area contributed by atoms with Crippen LogP contribution in [0.2, 0.25) is 0 Å². The maximum atomic E-state index is 12.3. The molecule has 17 heavy (non-hydrogen) atoms. The maximum Gasteiger partial charge on any atom is 0.306 e. The number of carbonyl (C=O) groups excluding carboxylic acids is 1. The minimum Gasteiger partial charge on any atom is -0.481 e. The van der Waals surface area contributed by atoms with Gasteiger partial charge in [0.2, 0.25) is 5.91 Å². The van der Waals surface area contributed by atoms with Gasteiger partial charge in [0, 0.05) is 19.0 Å². The van der Waals surface area contributed by atoms with Crippen LogP contribution in [0, 0.1) is 11.8 Å². The van der Waals surface area contributed by atoms with Crippen LogP contribution in [-0.2, 0) is 9.59 Å². The number of piperidine rings is 1. The summed E-state index contributed by atoms with van der Waals surface area (Å²) in [6, 6.07) is 0. The summed E-state index contributed by atoms with van der Waals surface area (Å²) in [6.45, 7) is 1.74. The smallest absolute Gasteiger partial charge is 0.306 e. The van der Waals surface area contributed by atoms with E-state index in [0.717, 1.165) is 45.2 Å². The molecule has 1 N–H and O–H groups in total. The van der Waals surface area contributed by atoms with Crippen LogP contribution in [0.4, 0.5) is 0 Å². The molecule has 2 aliphatic rings. The number of rotatable bonds is 2. The molecule has 0 radical (unpaired) electrons. The van der Waals surface area contributed by atoms with Gasteiger partial charge >= 0.3 is 5.97 Å². The van der Waals surface area contributed by atoms with Crippen LogP contribution in [0.25, 0.3) is 0 Å². The molecule has 1 aliphatic carbocycles. The van der Waals surface area contributed by atoms with E-state index in [0.29, 0.717) is 6.42 Å². The monoisotopic (exact) mass is 239 g/mol. The zero-order chi connectivity index (χ0) is 12.3. The minimum absolute atomic E-state index is 0.0389. The van der Waals surface area contributed by atoms with Crippen molar-refractivity contribution in [3.63, 3.8) is 0 Å². The van der Waals surface area contributed by atoms with E-state index < -0.39 is 5.97 Å².